The van der Waals surface area contributed by atoms with Crippen molar-refractivity contribution in [2.45, 2.75) is 6.92 Å². The van der Waals surface area contributed by atoms with Gasteiger partial charge >= 0.3 is 0 Å². The van der Waals surface area contributed by atoms with Crippen molar-refractivity contribution >= 4 is 21.5 Å². The van der Waals surface area contributed by atoms with Crippen LogP contribution in [0.5, 0.6) is 0 Å². The zero-order chi connectivity index (χ0) is 25.1. The van der Waals surface area contributed by atoms with Crippen LogP contribution in [0.25, 0.3) is 66.1 Å². The average molecular weight is 469 g/mol. The van der Waals surface area contributed by atoms with Gasteiger partial charge in [0.1, 0.15) is 0 Å². The summed E-state index contributed by atoms with van der Waals surface area (Å²) in [5.41, 5.74) is 12.1. The van der Waals surface area contributed by atoms with Gasteiger partial charge in [0.2, 0.25) is 0 Å². The van der Waals surface area contributed by atoms with Gasteiger partial charge in [0.25, 0.3) is 0 Å². The standard InChI is InChI=1S/C35H20N2/c1-21-9-18-30-33-26(21)7-4-8-29(33)34-31(24-14-10-22(19-36)11-15-24)27-5-2-3-6-28(27)32(35(30)34)25-16-12-23(20-37)13-17-25/h2-18H,1H3. The number of hydrogen-bond donors (Lipinski definition) is 0. The van der Waals surface area contributed by atoms with Gasteiger partial charge in [0.15, 0.2) is 0 Å². The molecule has 37 heavy (non-hydrogen) atoms. The summed E-state index contributed by atoms with van der Waals surface area (Å²) >= 11 is 0. The second kappa shape index (κ2) is 7.92. The molecule has 0 radical (unpaired) electrons. The first kappa shape index (κ1) is 21.1. The highest BCUT2D eigenvalue weighted by atomic mass is 14.3. The third-order valence-electron chi connectivity index (χ3n) is 7.62. The van der Waals surface area contributed by atoms with E-state index in [0.717, 1.165) is 11.1 Å². The summed E-state index contributed by atoms with van der Waals surface area (Å²) in [7, 11) is 0. The first-order valence-electron chi connectivity index (χ1n) is 12.3. The number of rotatable bonds is 2. The van der Waals surface area contributed by atoms with E-state index in [1.54, 1.807) is 0 Å². The van der Waals surface area contributed by atoms with E-state index in [1.807, 2.05) is 24.3 Å². The van der Waals surface area contributed by atoms with Gasteiger partial charge in [-0.2, -0.15) is 10.5 Å². The number of fused-ring (bicyclic) bond motifs is 4. The lowest BCUT2D eigenvalue weighted by Crippen LogP contribution is -1.94. The average Bonchev–Trinajstić information content (AvgIpc) is 3.28. The van der Waals surface area contributed by atoms with Crippen LogP contribution >= 0.6 is 0 Å². The molecule has 0 saturated heterocycles. The molecule has 0 aromatic heterocycles. The Morgan fingerprint density at radius 3 is 1.46 bits per heavy atom. The second-order valence-electron chi connectivity index (χ2n) is 9.58. The fourth-order valence-corrected chi connectivity index (χ4v) is 5.97. The molecule has 7 rings (SSSR count). The van der Waals surface area contributed by atoms with Gasteiger partial charge in [-0.15, -0.1) is 0 Å². The van der Waals surface area contributed by atoms with Crippen LogP contribution in [0.2, 0.25) is 0 Å². The second-order valence-corrected chi connectivity index (χ2v) is 9.58. The largest absolute Gasteiger partial charge is 0.192 e. The minimum atomic E-state index is 0.653. The van der Waals surface area contributed by atoms with Crippen LogP contribution in [0.3, 0.4) is 0 Å². The Kier molecular flexibility index (Phi) is 4.52. The molecule has 2 heteroatoms. The summed E-state index contributed by atoms with van der Waals surface area (Å²) < 4.78 is 0. The molecule has 0 saturated carbocycles. The molecule has 0 unspecified atom stereocenters. The van der Waals surface area contributed by atoms with E-state index in [9.17, 15) is 10.5 Å². The number of aryl methyl sites for hydroxylation is 1. The summed E-state index contributed by atoms with van der Waals surface area (Å²) in [6, 6.07) is 40.0. The minimum absolute atomic E-state index is 0.653. The van der Waals surface area contributed by atoms with Crippen molar-refractivity contribution in [3.05, 3.63) is 120 Å². The fraction of sp³-hybridized carbons (Fsp3) is 0.0286. The topological polar surface area (TPSA) is 47.6 Å². The van der Waals surface area contributed by atoms with E-state index in [2.05, 4.69) is 97.9 Å². The molecule has 2 nitrogen and oxygen atoms in total. The van der Waals surface area contributed by atoms with E-state index in [4.69, 9.17) is 0 Å². The summed E-state index contributed by atoms with van der Waals surface area (Å²) in [4.78, 5) is 0. The number of hydrogen-bond acceptors (Lipinski definition) is 2. The fourth-order valence-electron chi connectivity index (χ4n) is 5.97. The first-order chi connectivity index (χ1) is 18.2. The van der Waals surface area contributed by atoms with Gasteiger partial charge in [-0.1, -0.05) is 78.9 Å². The third-order valence-corrected chi connectivity index (χ3v) is 7.62. The van der Waals surface area contributed by atoms with Crippen molar-refractivity contribution in [1.29, 1.82) is 10.5 Å². The Balaban J connectivity index is 1.71. The highest BCUT2D eigenvalue weighted by molar-refractivity contribution is 6.27. The molecule has 170 valence electrons. The van der Waals surface area contributed by atoms with Gasteiger partial charge in [-0.3, -0.25) is 0 Å². The molecular formula is C35H20N2. The Morgan fingerprint density at radius 1 is 0.459 bits per heavy atom. The van der Waals surface area contributed by atoms with Crippen molar-refractivity contribution < 1.29 is 0 Å². The van der Waals surface area contributed by atoms with Crippen LogP contribution < -0.4 is 0 Å². The molecule has 1 aliphatic carbocycles. The molecule has 0 fully saturated rings. The lowest BCUT2D eigenvalue weighted by atomic mass is 9.82. The van der Waals surface area contributed by atoms with Gasteiger partial charge in [-0.25, -0.2) is 0 Å². The normalized spacial score (nSPS) is 11.3. The Hall–Kier alpha value is -5.18. The lowest BCUT2D eigenvalue weighted by molar-refractivity contribution is 1.48. The summed E-state index contributed by atoms with van der Waals surface area (Å²) in [5, 5.41) is 23.7. The van der Waals surface area contributed by atoms with E-state index in [-0.39, 0.29) is 0 Å². The Labute approximate surface area is 215 Å². The van der Waals surface area contributed by atoms with Gasteiger partial charge < -0.3 is 0 Å². The molecule has 6 aromatic rings. The van der Waals surface area contributed by atoms with Crippen molar-refractivity contribution in [3.8, 4) is 56.6 Å². The number of benzene rings is 6. The maximum Gasteiger partial charge on any atom is 0.0991 e. The Morgan fingerprint density at radius 2 is 0.946 bits per heavy atom. The minimum Gasteiger partial charge on any atom is -0.192 e. The highest BCUT2D eigenvalue weighted by Gasteiger charge is 2.30. The summed E-state index contributed by atoms with van der Waals surface area (Å²) in [5.74, 6) is 0. The van der Waals surface area contributed by atoms with Crippen LogP contribution in [0.4, 0.5) is 0 Å². The van der Waals surface area contributed by atoms with E-state index >= 15 is 0 Å². The van der Waals surface area contributed by atoms with Crippen LogP contribution in [-0.2, 0) is 0 Å². The maximum atomic E-state index is 9.40. The smallest absolute Gasteiger partial charge is 0.0991 e. The lowest BCUT2D eigenvalue weighted by Gasteiger charge is -2.20. The van der Waals surface area contributed by atoms with Crippen LogP contribution in [0, 0.1) is 29.6 Å². The molecule has 0 atom stereocenters. The van der Waals surface area contributed by atoms with E-state index < -0.39 is 0 Å². The van der Waals surface area contributed by atoms with Crippen molar-refractivity contribution in [1.82, 2.24) is 0 Å². The third kappa shape index (κ3) is 2.97. The zero-order valence-corrected chi connectivity index (χ0v) is 20.2. The molecule has 0 amide bonds. The highest BCUT2D eigenvalue weighted by Crippen LogP contribution is 2.57. The predicted molar refractivity (Wildman–Crippen MR) is 151 cm³/mol. The van der Waals surface area contributed by atoms with Crippen molar-refractivity contribution in [2.24, 2.45) is 0 Å². The van der Waals surface area contributed by atoms with Crippen LogP contribution in [0.15, 0.2) is 103 Å². The maximum absolute atomic E-state index is 9.40. The van der Waals surface area contributed by atoms with Crippen molar-refractivity contribution in [3.63, 3.8) is 0 Å². The molecule has 0 bridgehead atoms. The quantitative estimate of drug-likeness (QED) is 0.254. The predicted octanol–water partition coefficient (Wildman–Crippen LogP) is 9.03. The molecule has 6 aromatic carbocycles. The molecule has 0 aliphatic heterocycles. The molecule has 0 heterocycles. The van der Waals surface area contributed by atoms with Gasteiger partial charge in [-0.05, 0) is 103 Å². The van der Waals surface area contributed by atoms with Crippen LogP contribution in [-0.4, -0.2) is 0 Å². The summed E-state index contributed by atoms with van der Waals surface area (Å²) in [6.07, 6.45) is 0. The van der Waals surface area contributed by atoms with Gasteiger partial charge in [0.05, 0.1) is 23.3 Å². The van der Waals surface area contributed by atoms with Gasteiger partial charge in [0, 0.05) is 0 Å². The molecular weight excluding hydrogens is 448 g/mol. The number of nitrogens with zero attached hydrogens (tertiary/aromatic N) is 2. The molecule has 1 aliphatic rings. The molecule has 0 N–H and O–H groups in total. The number of nitriles is 2. The molecule has 0 spiro atoms. The monoisotopic (exact) mass is 468 g/mol. The first-order valence-corrected chi connectivity index (χ1v) is 12.3. The Bertz CT molecular complexity index is 1870. The van der Waals surface area contributed by atoms with E-state index in [1.165, 1.54) is 60.5 Å². The zero-order valence-electron chi connectivity index (χ0n) is 20.2. The summed E-state index contributed by atoms with van der Waals surface area (Å²) in [6.45, 7) is 2.17. The SMILES string of the molecule is Cc1ccc2c3c(cccc13)-c1c-2c(-c2ccc(C#N)cc2)c2ccccc2c1-c1ccc(C#N)cc1. The van der Waals surface area contributed by atoms with E-state index in [0.29, 0.717) is 11.1 Å². The van der Waals surface area contributed by atoms with Crippen LogP contribution in [0.1, 0.15) is 16.7 Å². The van der Waals surface area contributed by atoms with Crippen molar-refractivity contribution in [2.75, 3.05) is 0 Å².